The number of nitrogens with zero attached hydrogens (tertiary/aromatic N) is 4. The number of nitrogens with one attached hydrogen (secondary N) is 1. The number of aromatic nitrogens is 5. The van der Waals surface area contributed by atoms with Crippen molar-refractivity contribution in [3.8, 4) is 22.6 Å². The first-order valence-electron chi connectivity index (χ1n) is 8.88. The Kier molecular flexibility index (Phi) is 4.60. The summed E-state index contributed by atoms with van der Waals surface area (Å²) in [5.41, 5.74) is 6.41. The lowest BCUT2D eigenvalue weighted by Crippen LogP contribution is -2.04. The Bertz CT molecular complexity index is 954. The van der Waals surface area contributed by atoms with E-state index in [1.165, 1.54) is 5.56 Å². The van der Waals surface area contributed by atoms with Crippen LogP contribution in [0.15, 0.2) is 67.5 Å². The van der Waals surface area contributed by atoms with Crippen molar-refractivity contribution in [3.05, 3.63) is 78.8 Å². The molecule has 26 heavy (non-hydrogen) atoms. The lowest BCUT2D eigenvalue weighted by Gasteiger charge is -2.10. The molecule has 0 radical (unpaired) electrons. The average Bonchev–Trinajstić information content (AvgIpc) is 3.37. The predicted molar refractivity (Wildman–Crippen MR) is 103 cm³/mol. The zero-order valence-corrected chi connectivity index (χ0v) is 14.8. The number of hydrogen-bond donors (Lipinski definition) is 1. The summed E-state index contributed by atoms with van der Waals surface area (Å²) in [4.78, 5) is 16.7. The summed E-state index contributed by atoms with van der Waals surface area (Å²) in [6.07, 6.45) is 9.29. The molecule has 0 aliphatic carbocycles. The van der Waals surface area contributed by atoms with Crippen LogP contribution in [0.2, 0.25) is 0 Å². The Labute approximate surface area is 152 Å². The van der Waals surface area contributed by atoms with E-state index in [9.17, 15) is 0 Å². The van der Waals surface area contributed by atoms with Crippen molar-refractivity contribution in [3.63, 3.8) is 0 Å². The number of imidazole rings is 2. The predicted octanol–water partition coefficient (Wildman–Crippen LogP) is 4.14. The van der Waals surface area contributed by atoms with E-state index in [-0.39, 0.29) is 0 Å². The highest BCUT2D eigenvalue weighted by molar-refractivity contribution is 5.76. The first-order valence-corrected chi connectivity index (χ1v) is 8.88. The fourth-order valence-electron chi connectivity index (χ4n) is 3.06. The van der Waals surface area contributed by atoms with E-state index < -0.39 is 0 Å². The molecule has 3 aromatic heterocycles. The maximum absolute atomic E-state index is 4.70. The second-order valence-electron chi connectivity index (χ2n) is 6.23. The van der Waals surface area contributed by atoms with Gasteiger partial charge in [0.25, 0.3) is 0 Å². The van der Waals surface area contributed by atoms with Gasteiger partial charge in [-0.3, -0.25) is 4.98 Å². The molecule has 0 atom stereocenters. The van der Waals surface area contributed by atoms with Crippen LogP contribution < -0.4 is 0 Å². The molecule has 0 aliphatic rings. The van der Waals surface area contributed by atoms with Crippen molar-refractivity contribution in [1.82, 2.24) is 24.5 Å². The van der Waals surface area contributed by atoms with Crippen molar-refractivity contribution in [2.75, 3.05) is 0 Å². The van der Waals surface area contributed by atoms with E-state index in [1.807, 2.05) is 36.9 Å². The number of benzene rings is 1. The Morgan fingerprint density at radius 3 is 2.58 bits per heavy atom. The van der Waals surface area contributed by atoms with E-state index in [4.69, 9.17) is 9.97 Å². The molecule has 130 valence electrons. The van der Waals surface area contributed by atoms with Crippen LogP contribution in [0.3, 0.4) is 0 Å². The third-order valence-corrected chi connectivity index (χ3v) is 4.54. The van der Waals surface area contributed by atoms with Crippen LogP contribution in [0.5, 0.6) is 0 Å². The van der Waals surface area contributed by atoms with Crippen LogP contribution in [0.4, 0.5) is 0 Å². The maximum atomic E-state index is 4.70. The quantitative estimate of drug-likeness (QED) is 0.572. The Morgan fingerprint density at radius 1 is 1.00 bits per heavy atom. The molecule has 0 unspecified atom stereocenters. The molecule has 1 aromatic carbocycles. The molecule has 5 nitrogen and oxygen atoms in total. The monoisotopic (exact) mass is 343 g/mol. The van der Waals surface area contributed by atoms with Gasteiger partial charge in [-0.15, -0.1) is 0 Å². The average molecular weight is 343 g/mol. The van der Waals surface area contributed by atoms with Crippen LogP contribution in [-0.4, -0.2) is 24.5 Å². The molecule has 5 heteroatoms. The van der Waals surface area contributed by atoms with Gasteiger partial charge in [-0.25, -0.2) is 9.97 Å². The summed E-state index contributed by atoms with van der Waals surface area (Å²) in [6, 6.07) is 14.5. The van der Waals surface area contributed by atoms with E-state index in [0.717, 1.165) is 47.7 Å². The number of hydrogen-bond acceptors (Lipinski definition) is 3. The van der Waals surface area contributed by atoms with Gasteiger partial charge in [0.05, 0.1) is 29.7 Å². The smallest absolute Gasteiger partial charge is 0.0979 e. The zero-order valence-electron chi connectivity index (χ0n) is 14.8. The van der Waals surface area contributed by atoms with Gasteiger partial charge in [-0.1, -0.05) is 43.3 Å². The number of aromatic amines is 1. The van der Waals surface area contributed by atoms with Crippen LogP contribution >= 0.6 is 0 Å². The fourth-order valence-corrected chi connectivity index (χ4v) is 3.06. The summed E-state index contributed by atoms with van der Waals surface area (Å²) < 4.78 is 2.18. The van der Waals surface area contributed by atoms with E-state index in [2.05, 4.69) is 45.7 Å². The van der Waals surface area contributed by atoms with E-state index in [1.54, 1.807) is 6.33 Å². The van der Waals surface area contributed by atoms with Gasteiger partial charge in [0.2, 0.25) is 0 Å². The number of pyridine rings is 1. The van der Waals surface area contributed by atoms with Gasteiger partial charge in [0, 0.05) is 36.6 Å². The molecule has 0 spiro atoms. The Hall–Kier alpha value is -3.21. The molecule has 4 aromatic rings. The van der Waals surface area contributed by atoms with Gasteiger partial charge >= 0.3 is 0 Å². The molecule has 0 saturated carbocycles. The molecule has 0 saturated heterocycles. The molecule has 0 bridgehead atoms. The van der Waals surface area contributed by atoms with Crippen LogP contribution in [0.25, 0.3) is 22.6 Å². The fraction of sp³-hybridized carbons (Fsp3) is 0.190. The Balaban J connectivity index is 1.74. The standard InChI is InChI=1S/C21H21N5/c1-2-16-8-9-19(23-12-16)21-20(17-6-4-3-5-7-17)25-15-26(21)11-10-18-13-22-14-24-18/h3-9,12-15H,2,10-11H2,1H3,(H,22,24). The molecule has 4 rings (SSSR count). The topological polar surface area (TPSA) is 59.4 Å². The van der Waals surface area contributed by atoms with Gasteiger partial charge in [0.1, 0.15) is 0 Å². The maximum Gasteiger partial charge on any atom is 0.0979 e. The number of H-pyrrole nitrogens is 1. The zero-order chi connectivity index (χ0) is 17.8. The van der Waals surface area contributed by atoms with E-state index >= 15 is 0 Å². The minimum Gasteiger partial charge on any atom is -0.348 e. The summed E-state index contributed by atoms with van der Waals surface area (Å²) in [6.45, 7) is 2.95. The molecule has 0 aliphatic heterocycles. The lowest BCUT2D eigenvalue weighted by molar-refractivity contribution is 0.691. The highest BCUT2D eigenvalue weighted by Crippen LogP contribution is 2.30. The first-order chi connectivity index (χ1) is 12.8. The third-order valence-electron chi connectivity index (χ3n) is 4.54. The minimum atomic E-state index is 0.814. The third kappa shape index (κ3) is 3.28. The van der Waals surface area contributed by atoms with Gasteiger partial charge in [0.15, 0.2) is 0 Å². The van der Waals surface area contributed by atoms with Gasteiger partial charge in [-0.2, -0.15) is 0 Å². The molecular formula is C21H21N5. The normalized spacial score (nSPS) is 11.0. The lowest BCUT2D eigenvalue weighted by atomic mass is 10.1. The molecule has 0 fully saturated rings. The SMILES string of the molecule is CCc1ccc(-c2c(-c3ccccc3)ncn2CCc2cnc[nH]2)nc1. The van der Waals surface area contributed by atoms with Crippen LogP contribution in [-0.2, 0) is 19.4 Å². The van der Waals surface area contributed by atoms with Gasteiger partial charge < -0.3 is 9.55 Å². The number of rotatable bonds is 6. The van der Waals surface area contributed by atoms with E-state index in [0.29, 0.717) is 0 Å². The largest absolute Gasteiger partial charge is 0.348 e. The van der Waals surface area contributed by atoms with Crippen molar-refractivity contribution < 1.29 is 0 Å². The first kappa shape index (κ1) is 16.3. The highest BCUT2D eigenvalue weighted by atomic mass is 15.1. The summed E-state index contributed by atoms with van der Waals surface area (Å²) >= 11 is 0. The Morgan fingerprint density at radius 2 is 1.88 bits per heavy atom. The summed E-state index contributed by atoms with van der Waals surface area (Å²) in [5.74, 6) is 0. The van der Waals surface area contributed by atoms with Crippen molar-refractivity contribution >= 4 is 0 Å². The van der Waals surface area contributed by atoms with Crippen molar-refractivity contribution in [1.29, 1.82) is 0 Å². The molecular weight excluding hydrogens is 322 g/mol. The summed E-state index contributed by atoms with van der Waals surface area (Å²) in [7, 11) is 0. The summed E-state index contributed by atoms with van der Waals surface area (Å²) in [5, 5.41) is 0. The molecule has 1 N–H and O–H groups in total. The van der Waals surface area contributed by atoms with Crippen LogP contribution in [0, 0.1) is 0 Å². The van der Waals surface area contributed by atoms with Crippen molar-refractivity contribution in [2.24, 2.45) is 0 Å². The molecule has 3 heterocycles. The number of aryl methyl sites for hydroxylation is 3. The minimum absolute atomic E-state index is 0.814. The molecule has 0 amide bonds. The highest BCUT2D eigenvalue weighted by Gasteiger charge is 2.16. The van der Waals surface area contributed by atoms with Crippen LogP contribution in [0.1, 0.15) is 18.2 Å². The van der Waals surface area contributed by atoms with Gasteiger partial charge in [-0.05, 0) is 18.1 Å². The second-order valence-corrected chi connectivity index (χ2v) is 6.23. The van der Waals surface area contributed by atoms with Crippen molar-refractivity contribution in [2.45, 2.75) is 26.3 Å². The second kappa shape index (κ2) is 7.35.